The summed E-state index contributed by atoms with van der Waals surface area (Å²) in [5.41, 5.74) is 1.12. The Morgan fingerprint density at radius 2 is 1.93 bits per heavy atom. The standard InChI is InChI=1S/C18H23ClN4OS3/c1-2-3-11-25-17-20-21-18(27-17)26-13-16(24)23-9-7-22(8-10-23)15-6-4-5-14(19)12-15/h4-6,12H,2-3,7-11,13H2,1H3. The number of amides is 1. The summed E-state index contributed by atoms with van der Waals surface area (Å²) < 4.78 is 1.87. The number of thioether (sulfide) groups is 2. The van der Waals surface area contributed by atoms with Crippen LogP contribution in [0.4, 0.5) is 5.69 Å². The average Bonchev–Trinajstić information content (AvgIpc) is 3.14. The number of aromatic nitrogens is 2. The Balaban J connectivity index is 1.42. The van der Waals surface area contributed by atoms with Crippen molar-refractivity contribution in [1.29, 1.82) is 0 Å². The van der Waals surface area contributed by atoms with Gasteiger partial charge in [0.15, 0.2) is 8.68 Å². The van der Waals surface area contributed by atoms with E-state index in [1.54, 1.807) is 23.1 Å². The fraction of sp³-hybridized carbons (Fsp3) is 0.500. The Bertz CT molecular complexity index is 750. The van der Waals surface area contributed by atoms with Gasteiger partial charge in [-0.15, -0.1) is 10.2 Å². The van der Waals surface area contributed by atoms with E-state index >= 15 is 0 Å². The van der Waals surface area contributed by atoms with E-state index in [0.29, 0.717) is 5.75 Å². The molecule has 2 heterocycles. The van der Waals surface area contributed by atoms with Gasteiger partial charge in [-0.25, -0.2) is 0 Å². The topological polar surface area (TPSA) is 49.3 Å². The van der Waals surface area contributed by atoms with Gasteiger partial charge in [-0.1, -0.05) is 65.9 Å². The molecule has 146 valence electrons. The van der Waals surface area contributed by atoms with Crippen LogP contribution in [0.2, 0.25) is 5.02 Å². The van der Waals surface area contributed by atoms with Crippen LogP contribution >= 0.6 is 46.5 Å². The first-order valence-corrected chi connectivity index (χ1v) is 12.2. The largest absolute Gasteiger partial charge is 0.368 e. The molecule has 1 aliphatic heterocycles. The Labute approximate surface area is 177 Å². The van der Waals surface area contributed by atoms with Gasteiger partial charge in [0.25, 0.3) is 0 Å². The lowest BCUT2D eigenvalue weighted by molar-refractivity contribution is -0.128. The van der Waals surface area contributed by atoms with Crippen LogP contribution in [-0.2, 0) is 4.79 Å². The quantitative estimate of drug-likeness (QED) is 0.442. The molecule has 27 heavy (non-hydrogen) atoms. The van der Waals surface area contributed by atoms with Crippen molar-refractivity contribution >= 4 is 58.1 Å². The molecule has 1 saturated heterocycles. The molecule has 1 aliphatic rings. The maximum atomic E-state index is 12.5. The van der Waals surface area contributed by atoms with Gasteiger partial charge in [-0.05, 0) is 24.6 Å². The minimum atomic E-state index is 0.168. The summed E-state index contributed by atoms with van der Waals surface area (Å²) in [4.78, 5) is 16.7. The number of halogens is 1. The second-order valence-electron chi connectivity index (χ2n) is 6.17. The zero-order valence-corrected chi connectivity index (χ0v) is 18.5. The summed E-state index contributed by atoms with van der Waals surface area (Å²) in [7, 11) is 0. The van der Waals surface area contributed by atoms with Gasteiger partial charge in [-0.2, -0.15) is 0 Å². The third-order valence-corrected chi connectivity index (χ3v) is 7.73. The highest BCUT2D eigenvalue weighted by molar-refractivity contribution is 8.03. The van der Waals surface area contributed by atoms with Crippen molar-refractivity contribution < 1.29 is 4.79 Å². The number of hydrogen-bond donors (Lipinski definition) is 0. The van der Waals surface area contributed by atoms with Crippen molar-refractivity contribution in [2.45, 2.75) is 28.4 Å². The maximum absolute atomic E-state index is 12.5. The molecule has 2 aromatic rings. The molecule has 0 unspecified atom stereocenters. The number of benzene rings is 1. The molecule has 0 saturated carbocycles. The van der Waals surface area contributed by atoms with Crippen LogP contribution in [0.25, 0.3) is 0 Å². The van der Waals surface area contributed by atoms with Crippen molar-refractivity contribution in [3.05, 3.63) is 29.3 Å². The van der Waals surface area contributed by atoms with Gasteiger partial charge in [0.05, 0.1) is 5.75 Å². The van der Waals surface area contributed by atoms with Gasteiger partial charge in [-0.3, -0.25) is 4.79 Å². The molecule has 1 aromatic heterocycles. The molecular formula is C18H23ClN4OS3. The molecule has 5 nitrogen and oxygen atoms in total. The number of carbonyl (C=O) groups is 1. The number of carbonyl (C=O) groups excluding carboxylic acids is 1. The van der Waals surface area contributed by atoms with E-state index in [-0.39, 0.29) is 5.91 Å². The third kappa shape index (κ3) is 6.27. The van der Waals surface area contributed by atoms with Gasteiger partial charge >= 0.3 is 0 Å². The van der Waals surface area contributed by atoms with Crippen molar-refractivity contribution in [2.75, 3.05) is 42.6 Å². The monoisotopic (exact) mass is 442 g/mol. The lowest BCUT2D eigenvalue weighted by atomic mass is 10.2. The first-order valence-electron chi connectivity index (χ1n) is 9.03. The zero-order valence-electron chi connectivity index (χ0n) is 15.3. The van der Waals surface area contributed by atoms with E-state index in [2.05, 4.69) is 28.1 Å². The van der Waals surface area contributed by atoms with E-state index in [4.69, 9.17) is 11.6 Å². The van der Waals surface area contributed by atoms with Gasteiger partial charge in [0.1, 0.15) is 0 Å². The first-order chi connectivity index (χ1) is 13.2. The van der Waals surface area contributed by atoms with Crippen LogP contribution in [-0.4, -0.2) is 58.7 Å². The number of rotatable bonds is 8. The van der Waals surface area contributed by atoms with Crippen LogP contribution in [0.3, 0.4) is 0 Å². The molecule has 0 spiro atoms. The summed E-state index contributed by atoms with van der Waals surface area (Å²) in [5, 5.41) is 9.13. The minimum Gasteiger partial charge on any atom is -0.368 e. The van der Waals surface area contributed by atoms with E-state index in [1.807, 2.05) is 23.1 Å². The van der Waals surface area contributed by atoms with E-state index in [1.165, 1.54) is 24.6 Å². The first kappa shape index (κ1) is 20.8. The van der Waals surface area contributed by atoms with Crippen LogP contribution in [0.1, 0.15) is 19.8 Å². The molecular weight excluding hydrogens is 420 g/mol. The maximum Gasteiger partial charge on any atom is 0.233 e. The fourth-order valence-corrected chi connectivity index (χ4v) is 5.98. The number of hydrogen-bond acceptors (Lipinski definition) is 7. The lowest BCUT2D eigenvalue weighted by Gasteiger charge is -2.36. The van der Waals surface area contributed by atoms with E-state index < -0.39 is 0 Å². The molecule has 3 rings (SSSR count). The molecule has 1 amide bonds. The van der Waals surface area contributed by atoms with E-state index in [0.717, 1.165) is 51.3 Å². The van der Waals surface area contributed by atoms with Crippen molar-refractivity contribution in [2.24, 2.45) is 0 Å². The second kappa shape index (κ2) is 10.5. The third-order valence-electron chi connectivity index (χ3n) is 4.24. The molecule has 1 aromatic carbocycles. The Kier molecular flexibility index (Phi) is 8.11. The smallest absolute Gasteiger partial charge is 0.233 e. The lowest BCUT2D eigenvalue weighted by Crippen LogP contribution is -2.49. The van der Waals surface area contributed by atoms with Gasteiger partial charge in [0, 0.05) is 42.6 Å². The summed E-state index contributed by atoms with van der Waals surface area (Å²) >= 11 is 10.9. The molecule has 1 fully saturated rings. The number of piperazine rings is 1. The summed E-state index contributed by atoms with van der Waals surface area (Å²) in [5.74, 6) is 1.66. The molecule has 9 heteroatoms. The van der Waals surface area contributed by atoms with Crippen LogP contribution < -0.4 is 4.90 Å². The highest BCUT2D eigenvalue weighted by atomic mass is 35.5. The van der Waals surface area contributed by atoms with Gasteiger partial charge in [0.2, 0.25) is 5.91 Å². The van der Waals surface area contributed by atoms with Crippen molar-refractivity contribution in [3.63, 3.8) is 0 Å². The molecule has 0 aliphatic carbocycles. The summed E-state index contributed by atoms with van der Waals surface area (Å²) in [6.45, 7) is 5.31. The minimum absolute atomic E-state index is 0.168. The predicted octanol–water partition coefficient (Wildman–Crippen LogP) is 4.52. The zero-order chi connectivity index (χ0) is 19.1. The molecule has 0 bridgehead atoms. The van der Waals surface area contributed by atoms with Crippen molar-refractivity contribution in [3.8, 4) is 0 Å². The predicted molar refractivity (Wildman–Crippen MR) is 117 cm³/mol. The van der Waals surface area contributed by atoms with Crippen LogP contribution in [0.5, 0.6) is 0 Å². The van der Waals surface area contributed by atoms with Gasteiger partial charge < -0.3 is 9.80 Å². The number of nitrogens with zero attached hydrogens (tertiary/aromatic N) is 4. The number of anilines is 1. The summed E-state index contributed by atoms with van der Waals surface area (Å²) in [6.07, 6.45) is 2.37. The Morgan fingerprint density at radius 1 is 1.19 bits per heavy atom. The van der Waals surface area contributed by atoms with Crippen molar-refractivity contribution in [1.82, 2.24) is 15.1 Å². The van der Waals surface area contributed by atoms with Crippen LogP contribution in [0, 0.1) is 0 Å². The highest BCUT2D eigenvalue weighted by Crippen LogP contribution is 2.29. The molecule has 0 atom stereocenters. The molecule has 0 N–H and O–H groups in total. The Morgan fingerprint density at radius 3 is 2.63 bits per heavy atom. The SMILES string of the molecule is CCCCSc1nnc(SCC(=O)N2CCN(c3cccc(Cl)c3)CC2)s1. The average molecular weight is 443 g/mol. The van der Waals surface area contributed by atoms with E-state index in [9.17, 15) is 4.79 Å². The van der Waals surface area contributed by atoms with Crippen LogP contribution in [0.15, 0.2) is 32.9 Å². The fourth-order valence-electron chi connectivity index (χ4n) is 2.72. The number of unbranched alkanes of at least 4 members (excludes halogenated alkanes) is 1. The summed E-state index contributed by atoms with van der Waals surface area (Å²) in [6, 6.07) is 7.87. The second-order valence-corrected chi connectivity index (χ2v) is 10.2. The normalized spacial score (nSPS) is 14.6. The highest BCUT2D eigenvalue weighted by Gasteiger charge is 2.22. The molecule has 0 radical (unpaired) electrons. The Hall–Kier alpha value is -0.960.